The van der Waals surface area contributed by atoms with Crippen LogP contribution in [0, 0.1) is 5.82 Å². The van der Waals surface area contributed by atoms with Gasteiger partial charge in [-0.2, -0.15) is 0 Å². The number of anilines is 2. The molecule has 6 nitrogen and oxygen atoms in total. The Hall–Kier alpha value is -2.94. The third kappa shape index (κ3) is 4.62. The maximum atomic E-state index is 13.2. The lowest BCUT2D eigenvalue weighted by Gasteiger charge is -2.10. The SMILES string of the molecule is O=C(NCCNCc1ccc(F)c(Cl)c1)c1sccc1Nc1ccnc2[nH]ccc12. The number of halogens is 2. The quantitative estimate of drug-likeness (QED) is 0.298. The summed E-state index contributed by atoms with van der Waals surface area (Å²) < 4.78 is 13.2. The highest BCUT2D eigenvalue weighted by molar-refractivity contribution is 7.12. The van der Waals surface area contributed by atoms with Gasteiger partial charge in [0.2, 0.25) is 0 Å². The average molecular weight is 444 g/mol. The zero-order valence-corrected chi connectivity index (χ0v) is 17.4. The first kappa shape index (κ1) is 20.3. The van der Waals surface area contributed by atoms with Crippen molar-refractivity contribution in [1.29, 1.82) is 0 Å². The van der Waals surface area contributed by atoms with Gasteiger partial charge in [0.15, 0.2) is 0 Å². The number of carbonyl (C=O) groups excluding carboxylic acids is 1. The van der Waals surface area contributed by atoms with E-state index in [4.69, 9.17) is 11.6 Å². The molecule has 154 valence electrons. The fraction of sp³-hybridized carbons (Fsp3) is 0.143. The highest BCUT2D eigenvalue weighted by Crippen LogP contribution is 2.29. The number of H-pyrrole nitrogens is 1. The fourth-order valence-corrected chi connectivity index (χ4v) is 3.99. The third-order valence-electron chi connectivity index (χ3n) is 4.50. The molecule has 30 heavy (non-hydrogen) atoms. The van der Waals surface area contributed by atoms with Crippen LogP contribution in [-0.2, 0) is 6.54 Å². The number of hydrogen-bond acceptors (Lipinski definition) is 5. The molecule has 1 amide bonds. The number of nitrogens with zero attached hydrogens (tertiary/aromatic N) is 1. The van der Waals surface area contributed by atoms with E-state index >= 15 is 0 Å². The van der Waals surface area contributed by atoms with E-state index in [-0.39, 0.29) is 10.9 Å². The van der Waals surface area contributed by atoms with Gasteiger partial charge in [-0.25, -0.2) is 9.37 Å². The highest BCUT2D eigenvalue weighted by atomic mass is 35.5. The number of pyridine rings is 1. The van der Waals surface area contributed by atoms with Crippen molar-refractivity contribution in [2.45, 2.75) is 6.54 Å². The van der Waals surface area contributed by atoms with Gasteiger partial charge in [-0.3, -0.25) is 4.79 Å². The topological polar surface area (TPSA) is 81.8 Å². The van der Waals surface area contributed by atoms with Crippen molar-refractivity contribution in [1.82, 2.24) is 20.6 Å². The van der Waals surface area contributed by atoms with E-state index in [1.54, 1.807) is 18.3 Å². The van der Waals surface area contributed by atoms with Gasteiger partial charge >= 0.3 is 0 Å². The predicted octanol–water partition coefficient (Wildman–Crippen LogP) is 4.68. The van der Waals surface area contributed by atoms with Gasteiger partial charge in [0.1, 0.15) is 16.3 Å². The van der Waals surface area contributed by atoms with Crippen LogP contribution in [0.25, 0.3) is 11.0 Å². The normalized spacial score (nSPS) is 11.0. The van der Waals surface area contributed by atoms with Crippen molar-refractivity contribution >= 4 is 51.3 Å². The third-order valence-corrected chi connectivity index (χ3v) is 5.70. The monoisotopic (exact) mass is 443 g/mol. The van der Waals surface area contributed by atoms with Gasteiger partial charge in [-0.15, -0.1) is 11.3 Å². The van der Waals surface area contributed by atoms with Crippen LogP contribution in [-0.4, -0.2) is 29.0 Å². The molecule has 0 bridgehead atoms. The van der Waals surface area contributed by atoms with Crippen LogP contribution < -0.4 is 16.0 Å². The number of aromatic nitrogens is 2. The number of fused-ring (bicyclic) bond motifs is 1. The molecule has 0 atom stereocenters. The van der Waals surface area contributed by atoms with E-state index in [1.165, 1.54) is 17.4 Å². The molecule has 0 saturated heterocycles. The number of carbonyl (C=O) groups is 1. The Morgan fingerprint density at radius 3 is 2.93 bits per heavy atom. The first-order chi connectivity index (χ1) is 14.6. The minimum atomic E-state index is -0.433. The summed E-state index contributed by atoms with van der Waals surface area (Å²) in [5.74, 6) is -0.574. The molecule has 0 radical (unpaired) electrons. The lowest BCUT2D eigenvalue weighted by atomic mass is 10.2. The number of aromatic amines is 1. The Morgan fingerprint density at radius 1 is 1.17 bits per heavy atom. The number of rotatable bonds is 8. The maximum Gasteiger partial charge on any atom is 0.263 e. The summed E-state index contributed by atoms with van der Waals surface area (Å²) in [6.45, 7) is 1.57. The second-order valence-corrected chi connectivity index (χ2v) is 7.89. The fourth-order valence-electron chi connectivity index (χ4n) is 3.03. The number of benzene rings is 1. The summed E-state index contributed by atoms with van der Waals surface area (Å²) >= 11 is 7.16. The van der Waals surface area contributed by atoms with Gasteiger partial charge in [0.05, 0.1) is 16.4 Å². The summed E-state index contributed by atoms with van der Waals surface area (Å²) in [4.78, 5) is 20.6. The Balaban J connectivity index is 1.30. The minimum Gasteiger partial charge on any atom is -0.354 e. The minimum absolute atomic E-state index is 0.103. The Bertz CT molecular complexity index is 1180. The van der Waals surface area contributed by atoms with Crippen LogP contribution in [0.3, 0.4) is 0 Å². The van der Waals surface area contributed by atoms with Crippen LogP contribution in [0.2, 0.25) is 5.02 Å². The molecule has 4 N–H and O–H groups in total. The lowest BCUT2D eigenvalue weighted by molar-refractivity contribution is 0.0958. The summed E-state index contributed by atoms with van der Waals surface area (Å²) in [6.07, 6.45) is 3.55. The van der Waals surface area contributed by atoms with E-state index in [0.717, 1.165) is 28.0 Å². The second kappa shape index (κ2) is 9.25. The molecule has 3 heterocycles. The Morgan fingerprint density at radius 2 is 2.07 bits per heavy atom. The van der Waals surface area contributed by atoms with Gasteiger partial charge in [-0.05, 0) is 41.3 Å². The first-order valence-electron chi connectivity index (χ1n) is 9.31. The molecular formula is C21H19ClFN5OS. The van der Waals surface area contributed by atoms with Crippen molar-refractivity contribution in [3.05, 3.63) is 75.5 Å². The van der Waals surface area contributed by atoms with Gasteiger partial charge < -0.3 is 20.9 Å². The van der Waals surface area contributed by atoms with E-state index < -0.39 is 5.82 Å². The Kier molecular flexibility index (Phi) is 6.27. The number of nitrogens with one attached hydrogen (secondary N) is 4. The number of hydrogen-bond donors (Lipinski definition) is 4. The van der Waals surface area contributed by atoms with Crippen LogP contribution in [0.1, 0.15) is 15.2 Å². The molecule has 1 aromatic carbocycles. The second-order valence-electron chi connectivity index (χ2n) is 6.57. The molecule has 9 heteroatoms. The smallest absolute Gasteiger partial charge is 0.263 e. The van der Waals surface area contributed by atoms with Crippen LogP contribution in [0.5, 0.6) is 0 Å². The molecule has 0 spiro atoms. The van der Waals surface area contributed by atoms with E-state index in [9.17, 15) is 9.18 Å². The number of thiophene rings is 1. The molecule has 0 fully saturated rings. The highest BCUT2D eigenvalue weighted by Gasteiger charge is 2.14. The Labute approximate surface area is 181 Å². The first-order valence-corrected chi connectivity index (χ1v) is 10.6. The molecule has 0 aliphatic rings. The number of amides is 1. The molecule has 0 saturated carbocycles. The van der Waals surface area contributed by atoms with Gasteiger partial charge in [-0.1, -0.05) is 17.7 Å². The largest absolute Gasteiger partial charge is 0.354 e. The van der Waals surface area contributed by atoms with Crippen molar-refractivity contribution in [2.24, 2.45) is 0 Å². The summed E-state index contributed by atoms with van der Waals surface area (Å²) in [6, 6.07) is 10.3. The van der Waals surface area contributed by atoms with E-state index in [1.807, 2.05) is 29.8 Å². The average Bonchev–Trinajstić information content (AvgIpc) is 3.40. The molecule has 4 aromatic rings. The van der Waals surface area contributed by atoms with Crippen molar-refractivity contribution in [3.8, 4) is 0 Å². The van der Waals surface area contributed by atoms with Crippen LogP contribution in [0.4, 0.5) is 15.8 Å². The van der Waals surface area contributed by atoms with Crippen LogP contribution >= 0.6 is 22.9 Å². The molecule has 0 aliphatic heterocycles. The standard InChI is InChI=1S/C21H19ClFN5OS/c22-15-11-13(1-2-16(15)23)12-24-8-9-27-21(29)19-18(5-10-30-19)28-17-4-7-26-20-14(17)3-6-25-20/h1-7,10-11,24H,8-9,12H2,(H,27,29)(H2,25,26,28). The maximum absolute atomic E-state index is 13.2. The molecule has 0 unspecified atom stereocenters. The van der Waals surface area contributed by atoms with Gasteiger partial charge in [0.25, 0.3) is 5.91 Å². The van der Waals surface area contributed by atoms with Crippen molar-refractivity contribution in [2.75, 3.05) is 18.4 Å². The zero-order valence-electron chi connectivity index (χ0n) is 15.8. The summed E-state index contributed by atoms with van der Waals surface area (Å²) in [5, 5.41) is 12.4. The van der Waals surface area contributed by atoms with E-state index in [2.05, 4.69) is 25.9 Å². The summed E-state index contributed by atoms with van der Waals surface area (Å²) in [5.41, 5.74) is 3.30. The molecule has 3 aromatic heterocycles. The van der Waals surface area contributed by atoms with Crippen molar-refractivity contribution in [3.63, 3.8) is 0 Å². The molecule has 4 rings (SSSR count). The molecular weight excluding hydrogens is 425 g/mol. The predicted molar refractivity (Wildman–Crippen MR) is 119 cm³/mol. The van der Waals surface area contributed by atoms with Crippen molar-refractivity contribution < 1.29 is 9.18 Å². The summed E-state index contributed by atoms with van der Waals surface area (Å²) in [7, 11) is 0. The van der Waals surface area contributed by atoms with E-state index in [0.29, 0.717) is 24.5 Å². The lowest BCUT2D eigenvalue weighted by Crippen LogP contribution is -2.31. The van der Waals surface area contributed by atoms with Crippen LogP contribution in [0.15, 0.2) is 54.2 Å². The molecule has 0 aliphatic carbocycles. The zero-order chi connectivity index (χ0) is 20.9. The van der Waals surface area contributed by atoms with Gasteiger partial charge in [0, 0.05) is 37.4 Å².